The number of alkyl halides is 1. The van der Waals surface area contributed by atoms with Crippen molar-refractivity contribution in [2.24, 2.45) is 5.92 Å². The lowest BCUT2D eigenvalue weighted by atomic mass is 10.0. The zero-order valence-corrected chi connectivity index (χ0v) is 13.9. The number of methoxy groups -OCH3 is 3. The third-order valence-corrected chi connectivity index (χ3v) is 3.98. The van der Waals surface area contributed by atoms with Gasteiger partial charge < -0.3 is 14.2 Å². The summed E-state index contributed by atoms with van der Waals surface area (Å²) in [4.78, 5) is 0.214. The SMILES string of the molecule is COc1cc(OC)c(C(Br)CCC(C)C)c(OC)c1. The molecule has 0 saturated carbocycles. The molecule has 4 heteroatoms. The first-order valence-electron chi connectivity index (χ1n) is 6.47. The lowest BCUT2D eigenvalue weighted by Crippen LogP contribution is -2.02. The first-order chi connectivity index (χ1) is 9.03. The molecule has 0 heterocycles. The normalized spacial score (nSPS) is 12.4. The predicted octanol–water partition coefficient (Wildman–Crippen LogP) is 4.58. The topological polar surface area (TPSA) is 27.7 Å². The second kappa shape index (κ2) is 7.63. The van der Waals surface area contributed by atoms with E-state index in [2.05, 4.69) is 29.8 Å². The van der Waals surface area contributed by atoms with Crippen LogP contribution >= 0.6 is 15.9 Å². The van der Waals surface area contributed by atoms with Gasteiger partial charge in [0.15, 0.2) is 0 Å². The summed E-state index contributed by atoms with van der Waals surface area (Å²) >= 11 is 3.74. The zero-order chi connectivity index (χ0) is 14.4. The van der Waals surface area contributed by atoms with Gasteiger partial charge in [-0.1, -0.05) is 29.8 Å². The van der Waals surface area contributed by atoms with Crippen molar-refractivity contribution in [2.75, 3.05) is 21.3 Å². The standard InChI is InChI=1S/C15H23BrO3/c1-10(2)6-7-12(16)15-13(18-4)8-11(17-3)9-14(15)19-5/h8-10,12H,6-7H2,1-5H3. The molecular formula is C15H23BrO3. The molecule has 1 unspecified atom stereocenters. The Balaban J connectivity index is 3.08. The molecule has 1 rings (SSSR count). The Labute approximate surface area is 124 Å². The maximum absolute atomic E-state index is 5.47. The van der Waals surface area contributed by atoms with Gasteiger partial charge in [0.1, 0.15) is 17.2 Å². The van der Waals surface area contributed by atoms with Gasteiger partial charge >= 0.3 is 0 Å². The Hall–Kier alpha value is -0.900. The van der Waals surface area contributed by atoms with Gasteiger partial charge in [-0.15, -0.1) is 0 Å². The summed E-state index contributed by atoms with van der Waals surface area (Å²) in [6, 6.07) is 3.78. The largest absolute Gasteiger partial charge is 0.496 e. The predicted molar refractivity (Wildman–Crippen MR) is 81.8 cm³/mol. The number of rotatable bonds is 7. The summed E-state index contributed by atoms with van der Waals surface area (Å²) in [6.45, 7) is 4.45. The first kappa shape index (κ1) is 16.2. The van der Waals surface area contributed by atoms with Crippen LogP contribution in [0.25, 0.3) is 0 Å². The summed E-state index contributed by atoms with van der Waals surface area (Å²) in [7, 11) is 4.97. The minimum Gasteiger partial charge on any atom is -0.496 e. The molecule has 0 fully saturated rings. The molecule has 0 bridgehead atoms. The van der Waals surface area contributed by atoms with Crippen LogP contribution < -0.4 is 14.2 Å². The Morgan fingerprint density at radius 3 is 1.84 bits per heavy atom. The fourth-order valence-corrected chi connectivity index (χ4v) is 2.68. The summed E-state index contributed by atoms with van der Waals surface area (Å²) in [5.74, 6) is 3.00. The van der Waals surface area contributed by atoms with Crippen molar-refractivity contribution >= 4 is 15.9 Å². The summed E-state index contributed by atoms with van der Waals surface area (Å²) in [5.41, 5.74) is 1.05. The second-order valence-electron chi connectivity index (χ2n) is 4.88. The highest BCUT2D eigenvalue weighted by molar-refractivity contribution is 9.09. The molecule has 1 aromatic rings. The molecule has 19 heavy (non-hydrogen) atoms. The van der Waals surface area contributed by atoms with Crippen molar-refractivity contribution in [1.29, 1.82) is 0 Å². The number of hydrogen-bond donors (Lipinski definition) is 0. The van der Waals surface area contributed by atoms with Gasteiger partial charge in [-0.05, 0) is 18.8 Å². The molecule has 0 amide bonds. The summed E-state index contributed by atoms with van der Waals surface area (Å²) < 4.78 is 16.2. The Morgan fingerprint density at radius 1 is 0.947 bits per heavy atom. The Morgan fingerprint density at radius 2 is 1.47 bits per heavy atom. The van der Waals surface area contributed by atoms with E-state index in [1.807, 2.05) is 12.1 Å². The van der Waals surface area contributed by atoms with Crippen LogP contribution in [0.4, 0.5) is 0 Å². The van der Waals surface area contributed by atoms with Crippen molar-refractivity contribution in [1.82, 2.24) is 0 Å². The first-order valence-corrected chi connectivity index (χ1v) is 7.39. The fourth-order valence-electron chi connectivity index (χ4n) is 1.97. The average molecular weight is 331 g/mol. The lowest BCUT2D eigenvalue weighted by molar-refractivity contribution is 0.367. The van der Waals surface area contributed by atoms with E-state index in [-0.39, 0.29) is 4.83 Å². The van der Waals surface area contributed by atoms with E-state index in [9.17, 15) is 0 Å². The van der Waals surface area contributed by atoms with Crippen molar-refractivity contribution in [3.8, 4) is 17.2 Å². The molecule has 3 nitrogen and oxygen atoms in total. The summed E-state index contributed by atoms with van der Waals surface area (Å²) in [5, 5.41) is 0. The highest BCUT2D eigenvalue weighted by Gasteiger charge is 2.20. The van der Waals surface area contributed by atoms with E-state index < -0.39 is 0 Å². The van der Waals surface area contributed by atoms with Gasteiger partial charge in [-0.25, -0.2) is 0 Å². The van der Waals surface area contributed by atoms with E-state index in [1.165, 1.54) is 0 Å². The number of ether oxygens (including phenoxy) is 3. The molecular weight excluding hydrogens is 308 g/mol. The van der Waals surface area contributed by atoms with Crippen LogP contribution in [0.15, 0.2) is 12.1 Å². The molecule has 0 spiro atoms. The van der Waals surface area contributed by atoms with Gasteiger partial charge in [0, 0.05) is 17.0 Å². The van der Waals surface area contributed by atoms with Crippen LogP contribution in [0, 0.1) is 5.92 Å². The third kappa shape index (κ3) is 4.30. The number of benzene rings is 1. The second-order valence-corrected chi connectivity index (χ2v) is 5.99. The quantitative estimate of drug-likeness (QED) is 0.684. The molecule has 0 aliphatic carbocycles. The zero-order valence-electron chi connectivity index (χ0n) is 12.3. The number of hydrogen-bond acceptors (Lipinski definition) is 3. The van der Waals surface area contributed by atoms with Crippen LogP contribution in [-0.4, -0.2) is 21.3 Å². The fraction of sp³-hybridized carbons (Fsp3) is 0.600. The Bertz CT molecular complexity index is 379. The van der Waals surface area contributed by atoms with Gasteiger partial charge in [-0.3, -0.25) is 0 Å². The maximum atomic E-state index is 5.47. The molecule has 0 aromatic heterocycles. The maximum Gasteiger partial charge on any atom is 0.130 e. The van der Waals surface area contributed by atoms with E-state index in [0.717, 1.165) is 35.7 Å². The monoisotopic (exact) mass is 330 g/mol. The van der Waals surface area contributed by atoms with E-state index in [4.69, 9.17) is 14.2 Å². The molecule has 1 aromatic carbocycles. The van der Waals surface area contributed by atoms with Crippen LogP contribution in [0.1, 0.15) is 37.1 Å². The smallest absolute Gasteiger partial charge is 0.130 e. The molecule has 0 aliphatic heterocycles. The van der Waals surface area contributed by atoms with Crippen molar-refractivity contribution < 1.29 is 14.2 Å². The molecule has 0 radical (unpaired) electrons. The average Bonchev–Trinajstić information content (AvgIpc) is 2.42. The van der Waals surface area contributed by atoms with Crippen LogP contribution in [-0.2, 0) is 0 Å². The highest BCUT2D eigenvalue weighted by Crippen LogP contribution is 2.43. The van der Waals surface area contributed by atoms with Crippen molar-refractivity contribution in [3.63, 3.8) is 0 Å². The summed E-state index contributed by atoms with van der Waals surface area (Å²) in [6.07, 6.45) is 2.19. The number of halogens is 1. The third-order valence-electron chi connectivity index (χ3n) is 3.06. The molecule has 0 aliphatic rings. The molecule has 0 saturated heterocycles. The van der Waals surface area contributed by atoms with Crippen LogP contribution in [0.3, 0.4) is 0 Å². The molecule has 108 valence electrons. The van der Waals surface area contributed by atoms with Gasteiger partial charge in [0.25, 0.3) is 0 Å². The van der Waals surface area contributed by atoms with E-state index in [0.29, 0.717) is 5.92 Å². The van der Waals surface area contributed by atoms with Crippen molar-refractivity contribution in [2.45, 2.75) is 31.5 Å². The highest BCUT2D eigenvalue weighted by atomic mass is 79.9. The molecule has 1 atom stereocenters. The minimum atomic E-state index is 0.214. The van der Waals surface area contributed by atoms with Crippen LogP contribution in [0.2, 0.25) is 0 Å². The molecule has 0 N–H and O–H groups in total. The Kier molecular flexibility index (Phi) is 6.49. The van der Waals surface area contributed by atoms with E-state index in [1.54, 1.807) is 21.3 Å². The van der Waals surface area contributed by atoms with Crippen LogP contribution in [0.5, 0.6) is 17.2 Å². The van der Waals surface area contributed by atoms with Crippen molar-refractivity contribution in [3.05, 3.63) is 17.7 Å². The van der Waals surface area contributed by atoms with Gasteiger partial charge in [0.05, 0.1) is 26.9 Å². The van der Waals surface area contributed by atoms with E-state index >= 15 is 0 Å². The van der Waals surface area contributed by atoms with Gasteiger partial charge in [-0.2, -0.15) is 0 Å². The lowest BCUT2D eigenvalue weighted by Gasteiger charge is -2.19. The van der Waals surface area contributed by atoms with Gasteiger partial charge in [0.2, 0.25) is 0 Å². The minimum absolute atomic E-state index is 0.214.